The number of nitrogens with zero attached hydrogens (tertiary/aromatic N) is 1. The molecule has 0 saturated carbocycles. The van der Waals surface area contributed by atoms with Crippen molar-refractivity contribution in [2.75, 3.05) is 33.4 Å². The lowest BCUT2D eigenvalue weighted by atomic mass is 10.2. The highest BCUT2D eigenvalue weighted by molar-refractivity contribution is 14.0. The van der Waals surface area contributed by atoms with Gasteiger partial charge in [0.05, 0.1) is 6.61 Å². The average molecular weight is 396 g/mol. The highest BCUT2D eigenvalue weighted by atomic mass is 127. The summed E-state index contributed by atoms with van der Waals surface area (Å²) in [5, 5.41) is 9.19. The van der Waals surface area contributed by atoms with Crippen LogP contribution in [0.3, 0.4) is 0 Å². The molecular formula is C13H25IN4O2. The zero-order valence-electron chi connectivity index (χ0n) is 12.1. The van der Waals surface area contributed by atoms with Crippen LogP contribution in [-0.2, 0) is 9.53 Å². The first kappa shape index (κ1) is 19.2. The number of carbonyl (C=O) groups is 1. The maximum absolute atomic E-state index is 11.5. The monoisotopic (exact) mass is 396 g/mol. The second kappa shape index (κ2) is 12.0. The Hall–Kier alpha value is -0.830. The molecule has 1 amide bonds. The van der Waals surface area contributed by atoms with Crippen molar-refractivity contribution in [2.24, 2.45) is 4.99 Å². The van der Waals surface area contributed by atoms with E-state index in [1.54, 1.807) is 7.11 Å². The Morgan fingerprint density at radius 3 is 2.65 bits per heavy atom. The molecule has 0 aliphatic heterocycles. The number of guanidine groups is 1. The molecule has 0 unspecified atom stereocenters. The SMILES string of the molecule is CCNC(=NCC(=O)NCCOC)NC1CC=CC1.I. The first-order valence-corrected chi connectivity index (χ1v) is 6.71. The van der Waals surface area contributed by atoms with Crippen LogP contribution >= 0.6 is 24.0 Å². The molecule has 1 aliphatic rings. The summed E-state index contributed by atoms with van der Waals surface area (Å²) in [5.74, 6) is 0.594. The molecule has 6 nitrogen and oxygen atoms in total. The fourth-order valence-corrected chi connectivity index (χ4v) is 1.75. The molecule has 0 atom stereocenters. The molecule has 0 aromatic rings. The van der Waals surface area contributed by atoms with E-state index in [-0.39, 0.29) is 36.4 Å². The zero-order valence-corrected chi connectivity index (χ0v) is 14.5. The lowest BCUT2D eigenvalue weighted by Crippen LogP contribution is -2.43. The summed E-state index contributed by atoms with van der Waals surface area (Å²) in [6.07, 6.45) is 6.31. The number of methoxy groups -OCH3 is 1. The van der Waals surface area contributed by atoms with Gasteiger partial charge in [-0.05, 0) is 19.8 Å². The van der Waals surface area contributed by atoms with E-state index in [0.717, 1.165) is 19.4 Å². The second-order valence-electron chi connectivity index (χ2n) is 4.32. The Bertz CT molecular complexity index is 326. The minimum atomic E-state index is -0.0983. The third-order valence-corrected chi connectivity index (χ3v) is 2.70. The number of carbonyl (C=O) groups excluding carboxylic acids is 1. The third-order valence-electron chi connectivity index (χ3n) is 2.70. The number of halogens is 1. The number of aliphatic imine (C=N–C) groups is 1. The molecule has 0 aromatic heterocycles. The number of ether oxygens (including phenoxy) is 1. The topological polar surface area (TPSA) is 74.8 Å². The molecule has 7 heteroatoms. The van der Waals surface area contributed by atoms with Crippen LogP contribution in [-0.4, -0.2) is 51.3 Å². The van der Waals surface area contributed by atoms with Crippen LogP contribution in [0.5, 0.6) is 0 Å². The van der Waals surface area contributed by atoms with Crippen molar-refractivity contribution in [3.63, 3.8) is 0 Å². The number of hydrogen-bond acceptors (Lipinski definition) is 3. The van der Waals surface area contributed by atoms with Gasteiger partial charge in [-0.25, -0.2) is 4.99 Å². The van der Waals surface area contributed by atoms with Gasteiger partial charge in [-0.1, -0.05) is 12.2 Å². The molecule has 0 bridgehead atoms. The Morgan fingerprint density at radius 2 is 2.05 bits per heavy atom. The van der Waals surface area contributed by atoms with E-state index in [4.69, 9.17) is 4.74 Å². The van der Waals surface area contributed by atoms with Gasteiger partial charge in [-0.15, -0.1) is 24.0 Å². The Balaban J connectivity index is 0.00000361. The van der Waals surface area contributed by atoms with E-state index in [9.17, 15) is 4.79 Å². The van der Waals surface area contributed by atoms with Crippen LogP contribution < -0.4 is 16.0 Å². The van der Waals surface area contributed by atoms with Crippen LogP contribution in [0.15, 0.2) is 17.1 Å². The molecule has 1 rings (SSSR count). The molecular weight excluding hydrogens is 371 g/mol. The third kappa shape index (κ3) is 8.36. The molecule has 0 spiro atoms. The van der Waals surface area contributed by atoms with E-state index < -0.39 is 0 Å². The van der Waals surface area contributed by atoms with Crippen LogP contribution in [0.4, 0.5) is 0 Å². The van der Waals surface area contributed by atoms with Crippen LogP contribution in [0, 0.1) is 0 Å². The summed E-state index contributed by atoms with van der Waals surface area (Å²) in [4.78, 5) is 15.8. The van der Waals surface area contributed by atoms with Gasteiger partial charge in [0.15, 0.2) is 5.96 Å². The standard InChI is InChI=1S/C13H24N4O2.HI/c1-3-14-13(17-11-6-4-5-7-11)16-10-12(18)15-8-9-19-2;/h4-5,11H,3,6-10H2,1-2H3,(H,15,18)(H2,14,16,17);1H. The summed E-state index contributed by atoms with van der Waals surface area (Å²) in [6.45, 7) is 3.93. The predicted molar refractivity (Wildman–Crippen MR) is 91.6 cm³/mol. The van der Waals surface area contributed by atoms with E-state index in [0.29, 0.717) is 25.2 Å². The maximum Gasteiger partial charge on any atom is 0.241 e. The quantitative estimate of drug-likeness (QED) is 0.194. The lowest BCUT2D eigenvalue weighted by molar-refractivity contribution is -0.119. The molecule has 1 aliphatic carbocycles. The number of hydrogen-bond donors (Lipinski definition) is 3. The zero-order chi connectivity index (χ0) is 13.9. The average Bonchev–Trinajstić information content (AvgIpc) is 2.89. The van der Waals surface area contributed by atoms with Gasteiger partial charge in [-0.2, -0.15) is 0 Å². The molecule has 0 fully saturated rings. The summed E-state index contributed by atoms with van der Waals surface area (Å²) in [7, 11) is 1.60. The summed E-state index contributed by atoms with van der Waals surface area (Å²) >= 11 is 0. The van der Waals surface area contributed by atoms with Gasteiger partial charge in [0.2, 0.25) is 5.91 Å². The number of rotatable bonds is 7. The van der Waals surface area contributed by atoms with Gasteiger partial charge < -0.3 is 20.7 Å². The molecule has 0 heterocycles. The minimum Gasteiger partial charge on any atom is -0.383 e. The van der Waals surface area contributed by atoms with Gasteiger partial charge >= 0.3 is 0 Å². The summed E-state index contributed by atoms with van der Waals surface area (Å²) in [6, 6.07) is 0.384. The summed E-state index contributed by atoms with van der Waals surface area (Å²) < 4.78 is 4.86. The normalized spacial score (nSPS) is 14.8. The van der Waals surface area contributed by atoms with Crippen molar-refractivity contribution in [3.8, 4) is 0 Å². The predicted octanol–water partition coefficient (Wildman–Crippen LogP) is 0.641. The molecule has 116 valence electrons. The van der Waals surface area contributed by atoms with E-state index >= 15 is 0 Å². The first-order chi connectivity index (χ1) is 9.26. The molecule has 0 saturated heterocycles. The van der Waals surface area contributed by atoms with Crippen molar-refractivity contribution in [1.82, 2.24) is 16.0 Å². The minimum absolute atomic E-state index is 0. The van der Waals surface area contributed by atoms with Crippen molar-refractivity contribution < 1.29 is 9.53 Å². The molecule has 0 radical (unpaired) electrons. The number of nitrogens with one attached hydrogen (secondary N) is 3. The van der Waals surface area contributed by atoms with Crippen molar-refractivity contribution in [2.45, 2.75) is 25.8 Å². The van der Waals surface area contributed by atoms with Gasteiger partial charge in [-0.3, -0.25) is 4.79 Å². The molecule has 3 N–H and O–H groups in total. The number of amides is 1. The Morgan fingerprint density at radius 1 is 1.35 bits per heavy atom. The Kier molecular flexibility index (Phi) is 11.5. The highest BCUT2D eigenvalue weighted by Crippen LogP contribution is 2.08. The van der Waals surface area contributed by atoms with Crippen molar-refractivity contribution in [1.29, 1.82) is 0 Å². The second-order valence-corrected chi connectivity index (χ2v) is 4.32. The fraction of sp³-hybridized carbons (Fsp3) is 0.692. The van der Waals surface area contributed by atoms with Gasteiger partial charge in [0.1, 0.15) is 6.54 Å². The maximum atomic E-state index is 11.5. The Labute approximate surface area is 137 Å². The summed E-state index contributed by atoms with van der Waals surface area (Å²) in [5.41, 5.74) is 0. The van der Waals surface area contributed by atoms with E-state index in [1.165, 1.54) is 0 Å². The van der Waals surface area contributed by atoms with Crippen molar-refractivity contribution >= 4 is 35.8 Å². The van der Waals surface area contributed by atoms with Crippen LogP contribution in [0.2, 0.25) is 0 Å². The molecule has 0 aromatic carbocycles. The van der Waals surface area contributed by atoms with Crippen LogP contribution in [0.1, 0.15) is 19.8 Å². The van der Waals surface area contributed by atoms with Crippen LogP contribution in [0.25, 0.3) is 0 Å². The first-order valence-electron chi connectivity index (χ1n) is 6.71. The largest absolute Gasteiger partial charge is 0.383 e. The smallest absolute Gasteiger partial charge is 0.241 e. The van der Waals surface area contributed by atoms with Gasteiger partial charge in [0, 0.05) is 26.2 Å². The van der Waals surface area contributed by atoms with E-state index in [1.807, 2.05) is 6.92 Å². The van der Waals surface area contributed by atoms with Crippen molar-refractivity contribution in [3.05, 3.63) is 12.2 Å². The fourth-order valence-electron chi connectivity index (χ4n) is 1.75. The van der Waals surface area contributed by atoms with Gasteiger partial charge in [0.25, 0.3) is 0 Å². The highest BCUT2D eigenvalue weighted by Gasteiger charge is 2.11. The lowest BCUT2D eigenvalue weighted by Gasteiger charge is -2.16. The molecule has 20 heavy (non-hydrogen) atoms. The van der Waals surface area contributed by atoms with E-state index in [2.05, 4.69) is 33.1 Å².